The summed E-state index contributed by atoms with van der Waals surface area (Å²) in [7, 11) is 1.33. The molecule has 1 aromatic rings. The van der Waals surface area contributed by atoms with E-state index in [4.69, 9.17) is 10.2 Å². The zero-order chi connectivity index (χ0) is 14.4. The molecule has 1 rings (SSSR count). The first kappa shape index (κ1) is 14.9. The molecular formula is C12H15FN2O4. The molecule has 104 valence electrons. The fourth-order valence-corrected chi connectivity index (χ4v) is 1.47. The zero-order valence-electron chi connectivity index (χ0n) is 10.3. The number of aliphatic hydroxyl groups is 1. The monoisotopic (exact) mass is 270 g/mol. The number of anilines is 1. The first-order chi connectivity index (χ1) is 8.97. The van der Waals surface area contributed by atoms with Gasteiger partial charge < -0.3 is 15.5 Å². The van der Waals surface area contributed by atoms with Gasteiger partial charge in [-0.25, -0.2) is 14.0 Å². The van der Waals surface area contributed by atoms with Crippen LogP contribution in [0.1, 0.15) is 6.42 Å². The summed E-state index contributed by atoms with van der Waals surface area (Å²) in [6, 6.07) is 3.66. The van der Waals surface area contributed by atoms with E-state index in [1.165, 1.54) is 25.2 Å². The molecule has 0 fully saturated rings. The van der Waals surface area contributed by atoms with Gasteiger partial charge in [0, 0.05) is 20.1 Å². The SMILES string of the molecule is CN(C(=O)N[C@H](CCO)C(=O)O)c1ccccc1F. The molecule has 1 atom stereocenters. The van der Waals surface area contributed by atoms with Gasteiger partial charge in [-0.05, 0) is 12.1 Å². The highest BCUT2D eigenvalue weighted by Crippen LogP contribution is 2.17. The number of hydrogen-bond acceptors (Lipinski definition) is 3. The third-order valence-corrected chi connectivity index (χ3v) is 2.53. The van der Waals surface area contributed by atoms with Gasteiger partial charge in [-0.2, -0.15) is 0 Å². The molecule has 0 unspecified atom stereocenters. The number of aliphatic hydroxyl groups excluding tert-OH is 1. The van der Waals surface area contributed by atoms with E-state index in [2.05, 4.69) is 5.32 Å². The summed E-state index contributed by atoms with van der Waals surface area (Å²) in [5.74, 6) is -1.85. The average molecular weight is 270 g/mol. The lowest BCUT2D eigenvalue weighted by atomic mass is 10.2. The van der Waals surface area contributed by atoms with Crippen molar-refractivity contribution in [3.8, 4) is 0 Å². The van der Waals surface area contributed by atoms with E-state index in [1.807, 2.05) is 0 Å². The quantitative estimate of drug-likeness (QED) is 0.738. The van der Waals surface area contributed by atoms with Crippen LogP contribution in [0.25, 0.3) is 0 Å². The topological polar surface area (TPSA) is 89.9 Å². The van der Waals surface area contributed by atoms with Gasteiger partial charge in [0.05, 0.1) is 5.69 Å². The van der Waals surface area contributed by atoms with Crippen LogP contribution in [-0.2, 0) is 4.79 Å². The van der Waals surface area contributed by atoms with Gasteiger partial charge in [-0.15, -0.1) is 0 Å². The second kappa shape index (κ2) is 6.69. The summed E-state index contributed by atoms with van der Waals surface area (Å²) in [6.07, 6.45) is -0.119. The van der Waals surface area contributed by atoms with Crippen LogP contribution in [0.15, 0.2) is 24.3 Å². The summed E-state index contributed by atoms with van der Waals surface area (Å²) in [6.45, 7) is -0.374. The molecule has 0 aliphatic carbocycles. The van der Waals surface area contributed by atoms with Crippen LogP contribution in [0.4, 0.5) is 14.9 Å². The van der Waals surface area contributed by atoms with Crippen molar-refractivity contribution in [3.63, 3.8) is 0 Å². The number of carboxylic acid groups (broad SMARTS) is 1. The van der Waals surface area contributed by atoms with Crippen molar-refractivity contribution in [1.82, 2.24) is 5.32 Å². The molecule has 0 heterocycles. The molecular weight excluding hydrogens is 255 g/mol. The fraction of sp³-hybridized carbons (Fsp3) is 0.333. The molecule has 1 aromatic carbocycles. The lowest BCUT2D eigenvalue weighted by Gasteiger charge is -2.21. The second-order valence-electron chi connectivity index (χ2n) is 3.86. The van der Waals surface area contributed by atoms with Crippen LogP contribution in [0.5, 0.6) is 0 Å². The van der Waals surface area contributed by atoms with Gasteiger partial charge in [0.2, 0.25) is 0 Å². The summed E-state index contributed by atoms with van der Waals surface area (Å²) < 4.78 is 13.5. The first-order valence-electron chi connectivity index (χ1n) is 5.59. The van der Waals surface area contributed by atoms with Gasteiger partial charge in [-0.1, -0.05) is 12.1 Å². The van der Waals surface area contributed by atoms with Crippen LogP contribution in [0, 0.1) is 5.82 Å². The Bertz CT molecular complexity index is 467. The van der Waals surface area contributed by atoms with E-state index in [1.54, 1.807) is 6.07 Å². The molecule has 7 heteroatoms. The van der Waals surface area contributed by atoms with Gasteiger partial charge in [0.25, 0.3) is 0 Å². The summed E-state index contributed by atoms with van der Waals surface area (Å²) >= 11 is 0. The maximum absolute atomic E-state index is 13.5. The predicted molar refractivity (Wildman–Crippen MR) is 66.5 cm³/mol. The molecule has 0 bridgehead atoms. The molecule has 0 aliphatic rings. The van der Waals surface area contributed by atoms with Crippen molar-refractivity contribution in [2.75, 3.05) is 18.6 Å². The standard InChI is InChI=1S/C12H15FN2O4/c1-15(10-5-3-2-4-8(10)13)12(19)14-9(6-7-16)11(17)18/h2-5,9,16H,6-7H2,1H3,(H,14,19)(H,17,18)/t9-/m1/s1. The van der Waals surface area contributed by atoms with Gasteiger partial charge in [0.1, 0.15) is 11.9 Å². The molecule has 3 N–H and O–H groups in total. The van der Waals surface area contributed by atoms with Crippen molar-refractivity contribution in [2.45, 2.75) is 12.5 Å². The molecule has 0 aliphatic heterocycles. The minimum absolute atomic E-state index is 0.0353. The number of carbonyl (C=O) groups excluding carboxylic acids is 1. The zero-order valence-corrected chi connectivity index (χ0v) is 10.3. The normalized spacial score (nSPS) is 11.7. The molecule has 0 saturated heterocycles. The number of halogens is 1. The Hall–Kier alpha value is -2.15. The Balaban J connectivity index is 2.77. The van der Waals surface area contributed by atoms with Crippen LogP contribution < -0.4 is 10.2 Å². The molecule has 0 spiro atoms. The van der Waals surface area contributed by atoms with Gasteiger partial charge in [0.15, 0.2) is 0 Å². The Morgan fingerprint density at radius 1 is 1.42 bits per heavy atom. The molecule has 0 radical (unpaired) electrons. The number of nitrogens with zero attached hydrogens (tertiary/aromatic N) is 1. The summed E-state index contributed by atoms with van der Waals surface area (Å²) in [4.78, 5) is 23.6. The molecule has 19 heavy (non-hydrogen) atoms. The first-order valence-corrected chi connectivity index (χ1v) is 5.59. The number of urea groups is 1. The van der Waals surface area contributed by atoms with E-state index in [-0.39, 0.29) is 18.7 Å². The minimum Gasteiger partial charge on any atom is -0.480 e. The number of hydrogen-bond donors (Lipinski definition) is 3. The number of aliphatic carboxylic acids is 1. The highest BCUT2D eigenvalue weighted by molar-refractivity contribution is 5.94. The Kier molecular flexibility index (Phi) is 5.25. The number of amides is 2. The lowest BCUT2D eigenvalue weighted by Crippen LogP contribution is -2.47. The number of carbonyl (C=O) groups is 2. The van der Waals surface area contributed by atoms with Crippen LogP contribution in [0.3, 0.4) is 0 Å². The van der Waals surface area contributed by atoms with E-state index in [0.717, 1.165) is 4.90 Å². The highest BCUT2D eigenvalue weighted by Gasteiger charge is 2.22. The number of benzene rings is 1. The second-order valence-corrected chi connectivity index (χ2v) is 3.86. The average Bonchev–Trinajstić information content (AvgIpc) is 2.37. The largest absolute Gasteiger partial charge is 0.480 e. The predicted octanol–water partition coefficient (Wildman–Crippen LogP) is 0.807. The van der Waals surface area contributed by atoms with E-state index >= 15 is 0 Å². The van der Waals surface area contributed by atoms with E-state index in [9.17, 15) is 14.0 Å². The minimum atomic E-state index is -1.26. The molecule has 2 amide bonds. The molecule has 0 saturated carbocycles. The Labute approximate surface area is 109 Å². The number of nitrogens with one attached hydrogen (secondary N) is 1. The maximum Gasteiger partial charge on any atom is 0.326 e. The fourth-order valence-electron chi connectivity index (χ4n) is 1.47. The molecule has 0 aromatic heterocycles. The van der Waals surface area contributed by atoms with E-state index < -0.39 is 23.9 Å². The number of rotatable bonds is 5. The Morgan fingerprint density at radius 2 is 2.05 bits per heavy atom. The number of para-hydroxylation sites is 1. The van der Waals surface area contributed by atoms with Crippen LogP contribution in [0.2, 0.25) is 0 Å². The Morgan fingerprint density at radius 3 is 2.58 bits per heavy atom. The lowest BCUT2D eigenvalue weighted by molar-refractivity contribution is -0.139. The summed E-state index contributed by atoms with van der Waals surface area (Å²) in [5, 5.41) is 19.8. The van der Waals surface area contributed by atoms with E-state index in [0.29, 0.717) is 0 Å². The smallest absolute Gasteiger partial charge is 0.326 e. The molecule has 6 nitrogen and oxygen atoms in total. The highest BCUT2D eigenvalue weighted by atomic mass is 19.1. The third-order valence-electron chi connectivity index (χ3n) is 2.53. The van der Waals surface area contributed by atoms with Crippen LogP contribution >= 0.6 is 0 Å². The summed E-state index contributed by atoms with van der Waals surface area (Å²) in [5.41, 5.74) is 0.0353. The maximum atomic E-state index is 13.5. The van der Waals surface area contributed by atoms with Crippen molar-refractivity contribution in [3.05, 3.63) is 30.1 Å². The number of carboxylic acids is 1. The van der Waals surface area contributed by atoms with Crippen molar-refractivity contribution < 1.29 is 24.2 Å². The van der Waals surface area contributed by atoms with Gasteiger partial charge in [-0.3, -0.25) is 4.90 Å². The van der Waals surface area contributed by atoms with Crippen molar-refractivity contribution in [2.24, 2.45) is 0 Å². The van der Waals surface area contributed by atoms with Crippen molar-refractivity contribution in [1.29, 1.82) is 0 Å². The third kappa shape index (κ3) is 3.92. The van der Waals surface area contributed by atoms with Crippen molar-refractivity contribution >= 4 is 17.7 Å². The van der Waals surface area contributed by atoms with Crippen LogP contribution in [-0.4, -0.2) is 41.9 Å². The van der Waals surface area contributed by atoms with Gasteiger partial charge >= 0.3 is 12.0 Å².